The molecule has 0 aromatic carbocycles. The van der Waals surface area contributed by atoms with Gasteiger partial charge in [-0.05, 0) is 18.2 Å². The van der Waals surface area contributed by atoms with Crippen LogP contribution in [0.1, 0.15) is 0 Å². The monoisotopic (exact) mass is 310 g/mol. The van der Waals surface area contributed by atoms with Crippen LogP contribution >= 0.6 is 11.3 Å². The van der Waals surface area contributed by atoms with Crippen LogP contribution in [0, 0.1) is 0 Å². The molecule has 0 aliphatic carbocycles. The van der Waals surface area contributed by atoms with Gasteiger partial charge in [0, 0.05) is 18.6 Å². The summed E-state index contributed by atoms with van der Waals surface area (Å²) in [6, 6.07) is 5.30. The van der Waals surface area contributed by atoms with Gasteiger partial charge in [-0.1, -0.05) is 0 Å². The van der Waals surface area contributed by atoms with Gasteiger partial charge < -0.3 is 4.74 Å². The summed E-state index contributed by atoms with van der Waals surface area (Å²) >= 11 is 1.32. The molecule has 6 nitrogen and oxygen atoms in total. The zero-order valence-electron chi connectivity index (χ0n) is 11.6. The van der Waals surface area contributed by atoms with E-state index in [0.717, 1.165) is 15.9 Å². The van der Waals surface area contributed by atoms with Gasteiger partial charge in [0.1, 0.15) is 27.1 Å². The minimum Gasteiger partial charge on any atom is -0.496 e. The van der Waals surface area contributed by atoms with E-state index in [1.807, 2.05) is 0 Å². The molecule has 22 heavy (non-hydrogen) atoms. The Labute approximate surface area is 128 Å². The predicted molar refractivity (Wildman–Crippen MR) is 84.9 cm³/mol. The minimum absolute atomic E-state index is 0.124. The van der Waals surface area contributed by atoms with Crippen LogP contribution in [0.4, 0.5) is 0 Å². The second-order valence-corrected chi connectivity index (χ2v) is 5.60. The number of aromatic nitrogens is 4. The summed E-state index contributed by atoms with van der Waals surface area (Å²) in [6.07, 6.45) is 6.47. The highest BCUT2D eigenvalue weighted by Crippen LogP contribution is 2.35. The van der Waals surface area contributed by atoms with Gasteiger partial charge >= 0.3 is 0 Å². The van der Waals surface area contributed by atoms with Crippen molar-refractivity contribution >= 4 is 31.8 Å². The molecule has 0 aliphatic rings. The molecule has 0 saturated heterocycles. The Morgan fingerprint density at radius 3 is 2.73 bits per heavy atom. The summed E-state index contributed by atoms with van der Waals surface area (Å²) in [5.41, 5.74) is 1.23. The van der Waals surface area contributed by atoms with E-state index >= 15 is 0 Å². The molecule has 0 saturated carbocycles. The Morgan fingerprint density at radius 2 is 1.95 bits per heavy atom. The second kappa shape index (κ2) is 4.88. The van der Waals surface area contributed by atoms with Crippen molar-refractivity contribution in [1.82, 2.24) is 19.5 Å². The molecular weight excluding hydrogens is 300 g/mol. The number of thiophene rings is 1. The SMILES string of the molecule is COc1ccnc2sc3c(=O)n(-c4ccncc4)cnc3c12. The molecule has 4 rings (SSSR count). The highest BCUT2D eigenvalue weighted by molar-refractivity contribution is 7.25. The van der Waals surface area contributed by atoms with Crippen LogP contribution in [0.5, 0.6) is 5.75 Å². The van der Waals surface area contributed by atoms with Crippen molar-refractivity contribution in [2.45, 2.75) is 0 Å². The van der Waals surface area contributed by atoms with Crippen LogP contribution in [0.2, 0.25) is 0 Å². The van der Waals surface area contributed by atoms with Crippen LogP contribution < -0.4 is 10.3 Å². The van der Waals surface area contributed by atoms with Crippen molar-refractivity contribution in [3.8, 4) is 11.4 Å². The third-order valence-electron chi connectivity index (χ3n) is 3.40. The summed E-state index contributed by atoms with van der Waals surface area (Å²) < 4.78 is 7.43. The first-order valence-electron chi connectivity index (χ1n) is 6.53. The molecule has 0 atom stereocenters. The fourth-order valence-electron chi connectivity index (χ4n) is 2.38. The summed E-state index contributed by atoms with van der Waals surface area (Å²) in [5, 5.41) is 0.781. The second-order valence-electron chi connectivity index (χ2n) is 4.60. The van der Waals surface area contributed by atoms with Crippen LogP contribution in [-0.2, 0) is 0 Å². The lowest BCUT2D eigenvalue weighted by molar-refractivity contribution is 0.420. The Morgan fingerprint density at radius 1 is 1.14 bits per heavy atom. The Bertz CT molecular complexity index is 1040. The fourth-order valence-corrected chi connectivity index (χ4v) is 3.43. The average Bonchev–Trinajstić information content (AvgIpc) is 2.96. The molecular formula is C15H10N4O2S. The van der Waals surface area contributed by atoms with Gasteiger partial charge in [0.15, 0.2) is 0 Å². The third-order valence-corrected chi connectivity index (χ3v) is 4.48. The van der Waals surface area contributed by atoms with Gasteiger partial charge in [0.05, 0.1) is 18.2 Å². The van der Waals surface area contributed by atoms with E-state index in [1.165, 1.54) is 22.2 Å². The summed E-state index contributed by atoms with van der Waals surface area (Å²) in [7, 11) is 1.59. The molecule has 4 aromatic heterocycles. The molecule has 0 spiro atoms. The Balaban J connectivity index is 2.09. The van der Waals surface area contributed by atoms with Gasteiger partial charge in [-0.2, -0.15) is 0 Å². The van der Waals surface area contributed by atoms with E-state index in [-0.39, 0.29) is 5.56 Å². The van der Waals surface area contributed by atoms with Crippen LogP contribution in [-0.4, -0.2) is 26.6 Å². The molecule has 4 heterocycles. The number of pyridine rings is 2. The van der Waals surface area contributed by atoms with E-state index in [2.05, 4.69) is 15.0 Å². The average molecular weight is 310 g/mol. The summed E-state index contributed by atoms with van der Waals surface area (Å²) in [6.45, 7) is 0. The van der Waals surface area contributed by atoms with Crippen molar-refractivity contribution in [2.24, 2.45) is 0 Å². The van der Waals surface area contributed by atoms with Crippen molar-refractivity contribution in [3.63, 3.8) is 0 Å². The quantitative estimate of drug-likeness (QED) is 0.568. The van der Waals surface area contributed by atoms with Gasteiger partial charge in [-0.25, -0.2) is 9.97 Å². The highest BCUT2D eigenvalue weighted by Gasteiger charge is 2.16. The van der Waals surface area contributed by atoms with Crippen molar-refractivity contribution in [1.29, 1.82) is 0 Å². The fraction of sp³-hybridized carbons (Fsp3) is 0.0667. The minimum atomic E-state index is -0.124. The van der Waals surface area contributed by atoms with E-state index in [0.29, 0.717) is 16.0 Å². The molecule has 0 fully saturated rings. The summed E-state index contributed by atoms with van der Waals surface area (Å²) in [5.74, 6) is 0.671. The highest BCUT2D eigenvalue weighted by atomic mass is 32.1. The zero-order valence-corrected chi connectivity index (χ0v) is 12.4. The predicted octanol–water partition coefficient (Wildman–Crippen LogP) is 2.40. The lowest BCUT2D eigenvalue weighted by Crippen LogP contribution is -2.17. The normalized spacial score (nSPS) is 11.1. The Hall–Kier alpha value is -2.80. The van der Waals surface area contributed by atoms with Crippen molar-refractivity contribution < 1.29 is 4.74 Å². The maximum absolute atomic E-state index is 12.7. The first kappa shape index (κ1) is 12.9. The first-order chi connectivity index (χ1) is 10.8. The molecule has 0 radical (unpaired) electrons. The van der Waals surface area contributed by atoms with Gasteiger partial charge in [0.25, 0.3) is 5.56 Å². The maximum atomic E-state index is 12.7. The zero-order chi connectivity index (χ0) is 15.1. The van der Waals surface area contributed by atoms with E-state index in [9.17, 15) is 4.79 Å². The van der Waals surface area contributed by atoms with E-state index in [1.54, 1.807) is 43.9 Å². The molecule has 0 unspecified atom stereocenters. The molecule has 0 bridgehead atoms. The molecule has 0 aliphatic heterocycles. The van der Waals surface area contributed by atoms with E-state index < -0.39 is 0 Å². The molecule has 0 amide bonds. The first-order valence-corrected chi connectivity index (χ1v) is 7.34. The van der Waals surface area contributed by atoms with Crippen LogP contribution in [0.3, 0.4) is 0 Å². The number of hydrogen-bond acceptors (Lipinski definition) is 6. The number of methoxy groups -OCH3 is 1. The van der Waals surface area contributed by atoms with Gasteiger partial charge in [-0.15, -0.1) is 11.3 Å². The Kier molecular flexibility index (Phi) is 2.87. The van der Waals surface area contributed by atoms with Gasteiger partial charge in [-0.3, -0.25) is 14.3 Å². The lowest BCUT2D eigenvalue weighted by atomic mass is 10.3. The summed E-state index contributed by atoms with van der Waals surface area (Å²) in [4.78, 5) is 26.2. The number of rotatable bonds is 2. The third kappa shape index (κ3) is 1.79. The van der Waals surface area contributed by atoms with Crippen molar-refractivity contribution in [2.75, 3.05) is 7.11 Å². The lowest BCUT2D eigenvalue weighted by Gasteiger charge is -2.04. The van der Waals surface area contributed by atoms with Crippen LogP contribution in [0.25, 0.3) is 26.1 Å². The largest absolute Gasteiger partial charge is 0.496 e. The van der Waals surface area contributed by atoms with E-state index in [4.69, 9.17) is 4.74 Å². The number of fused-ring (bicyclic) bond motifs is 3. The van der Waals surface area contributed by atoms with Crippen molar-refractivity contribution in [3.05, 3.63) is 53.5 Å². The van der Waals surface area contributed by atoms with Crippen LogP contribution in [0.15, 0.2) is 47.9 Å². The maximum Gasteiger partial charge on any atom is 0.275 e. The van der Waals surface area contributed by atoms with Gasteiger partial charge in [0.2, 0.25) is 0 Å². The topological polar surface area (TPSA) is 69.9 Å². The molecule has 7 heteroatoms. The standard InChI is InChI=1S/C15H10N4O2S/c1-21-10-4-7-17-14-11(10)12-13(22-14)15(20)19(8-18-12)9-2-5-16-6-3-9/h2-8H,1H3. The smallest absolute Gasteiger partial charge is 0.275 e. The number of nitrogens with zero attached hydrogens (tertiary/aromatic N) is 4. The molecule has 108 valence electrons. The number of hydrogen-bond donors (Lipinski definition) is 0. The molecule has 0 N–H and O–H groups in total. The number of ether oxygens (including phenoxy) is 1. The molecule has 4 aromatic rings.